The molecule has 0 saturated heterocycles. The molecule has 0 spiro atoms. The van der Waals surface area contributed by atoms with Gasteiger partial charge in [-0.2, -0.15) is 0 Å². The highest BCUT2D eigenvalue weighted by molar-refractivity contribution is 9.10. The van der Waals surface area contributed by atoms with Crippen LogP contribution in [-0.2, 0) is 12.8 Å². The summed E-state index contributed by atoms with van der Waals surface area (Å²) in [5.41, 5.74) is 2.86. The molecule has 0 unspecified atom stereocenters. The number of hydrogen-bond acceptors (Lipinski definition) is 2. The van der Waals surface area contributed by atoms with Gasteiger partial charge in [0.1, 0.15) is 5.75 Å². The van der Waals surface area contributed by atoms with Crippen LogP contribution in [0.3, 0.4) is 0 Å². The summed E-state index contributed by atoms with van der Waals surface area (Å²) in [5.74, 6) is 0.895. The molecular formula is C17H15BrO2. The largest absolute Gasteiger partial charge is 0.493 e. The van der Waals surface area contributed by atoms with E-state index >= 15 is 0 Å². The fraction of sp³-hybridized carbons (Fsp3) is 0.235. The molecule has 1 aliphatic rings. The van der Waals surface area contributed by atoms with E-state index in [1.807, 2.05) is 42.5 Å². The van der Waals surface area contributed by atoms with E-state index in [2.05, 4.69) is 15.9 Å². The lowest BCUT2D eigenvalue weighted by molar-refractivity contribution is 0.0988. The second kappa shape index (κ2) is 5.80. The molecule has 0 aromatic heterocycles. The maximum Gasteiger partial charge on any atom is 0.171 e. The summed E-state index contributed by atoms with van der Waals surface area (Å²) in [5, 5.41) is 0. The van der Waals surface area contributed by atoms with Gasteiger partial charge in [-0.15, -0.1) is 0 Å². The highest BCUT2D eigenvalue weighted by atomic mass is 79.9. The number of carbonyl (C=O) groups excluding carboxylic acids is 1. The van der Waals surface area contributed by atoms with E-state index in [0.717, 1.165) is 34.2 Å². The SMILES string of the molecule is O=C(Cc1ccccc1Br)c1cccc2c1OCCC2. The lowest BCUT2D eigenvalue weighted by atomic mass is 9.97. The second-order valence-electron chi connectivity index (χ2n) is 4.94. The molecule has 2 aromatic carbocycles. The van der Waals surface area contributed by atoms with Gasteiger partial charge in [0.2, 0.25) is 0 Å². The van der Waals surface area contributed by atoms with Crippen LogP contribution in [0, 0.1) is 0 Å². The molecule has 0 bridgehead atoms. The van der Waals surface area contributed by atoms with Crippen LogP contribution in [0.4, 0.5) is 0 Å². The first-order valence-corrected chi connectivity index (χ1v) is 7.56. The Hall–Kier alpha value is -1.61. The Labute approximate surface area is 126 Å². The van der Waals surface area contributed by atoms with Crippen molar-refractivity contribution in [3.05, 3.63) is 63.6 Å². The number of rotatable bonds is 3. The van der Waals surface area contributed by atoms with E-state index < -0.39 is 0 Å². The molecule has 1 aliphatic heterocycles. The molecule has 0 fully saturated rings. The smallest absolute Gasteiger partial charge is 0.171 e. The predicted molar refractivity (Wildman–Crippen MR) is 82.4 cm³/mol. The van der Waals surface area contributed by atoms with Gasteiger partial charge in [-0.05, 0) is 36.1 Å². The summed E-state index contributed by atoms with van der Waals surface area (Å²) in [4.78, 5) is 12.5. The maximum atomic E-state index is 12.5. The lowest BCUT2D eigenvalue weighted by Gasteiger charge is -2.19. The zero-order valence-corrected chi connectivity index (χ0v) is 12.7. The molecule has 3 heteroatoms. The van der Waals surface area contributed by atoms with Gasteiger partial charge >= 0.3 is 0 Å². The number of carbonyl (C=O) groups is 1. The topological polar surface area (TPSA) is 26.3 Å². The Morgan fingerprint density at radius 1 is 1.15 bits per heavy atom. The Balaban J connectivity index is 1.90. The molecular weight excluding hydrogens is 316 g/mol. The highest BCUT2D eigenvalue weighted by Crippen LogP contribution is 2.30. The molecule has 2 aromatic rings. The van der Waals surface area contributed by atoms with Gasteiger partial charge < -0.3 is 4.74 Å². The van der Waals surface area contributed by atoms with Crippen LogP contribution in [0.2, 0.25) is 0 Å². The van der Waals surface area contributed by atoms with E-state index in [4.69, 9.17) is 4.74 Å². The van der Waals surface area contributed by atoms with Gasteiger partial charge in [-0.3, -0.25) is 4.79 Å². The molecule has 102 valence electrons. The zero-order chi connectivity index (χ0) is 13.9. The van der Waals surface area contributed by atoms with Crippen LogP contribution in [0.15, 0.2) is 46.9 Å². The van der Waals surface area contributed by atoms with Crippen molar-refractivity contribution in [3.8, 4) is 5.75 Å². The first-order valence-electron chi connectivity index (χ1n) is 6.77. The second-order valence-corrected chi connectivity index (χ2v) is 5.79. The fourth-order valence-corrected chi connectivity index (χ4v) is 2.94. The third-order valence-corrected chi connectivity index (χ3v) is 4.32. The van der Waals surface area contributed by atoms with Gasteiger partial charge in [0.25, 0.3) is 0 Å². The Morgan fingerprint density at radius 2 is 2.00 bits per heavy atom. The number of ketones is 1. The summed E-state index contributed by atoms with van der Waals surface area (Å²) in [6.45, 7) is 0.701. The van der Waals surface area contributed by atoms with Gasteiger partial charge in [0.15, 0.2) is 5.78 Å². The molecule has 0 saturated carbocycles. The van der Waals surface area contributed by atoms with Gasteiger partial charge in [0, 0.05) is 10.9 Å². The van der Waals surface area contributed by atoms with E-state index in [1.165, 1.54) is 0 Å². The Morgan fingerprint density at radius 3 is 2.85 bits per heavy atom. The van der Waals surface area contributed by atoms with E-state index in [-0.39, 0.29) is 5.78 Å². The number of benzene rings is 2. The normalized spacial score (nSPS) is 13.4. The molecule has 0 atom stereocenters. The summed E-state index contributed by atoms with van der Waals surface area (Å²) in [7, 11) is 0. The van der Waals surface area contributed by atoms with Gasteiger partial charge in [-0.25, -0.2) is 0 Å². The average Bonchev–Trinajstić information content (AvgIpc) is 2.49. The van der Waals surface area contributed by atoms with E-state index in [1.54, 1.807) is 0 Å². The minimum Gasteiger partial charge on any atom is -0.493 e. The number of fused-ring (bicyclic) bond motifs is 1. The summed E-state index contributed by atoms with van der Waals surface area (Å²) in [6, 6.07) is 13.7. The quantitative estimate of drug-likeness (QED) is 0.788. The Kier molecular flexibility index (Phi) is 3.88. The number of halogens is 1. The average molecular weight is 331 g/mol. The monoisotopic (exact) mass is 330 g/mol. The number of ether oxygens (including phenoxy) is 1. The van der Waals surface area contributed by atoms with Gasteiger partial charge in [0.05, 0.1) is 12.2 Å². The van der Waals surface area contributed by atoms with Crippen LogP contribution in [0.1, 0.15) is 27.9 Å². The van der Waals surface area contributed by atoms with Crippen LogP contribution in [0.5, 0.6) is 5.75 Å². The molecule has 20 heavy (non-hydrogen) atoms. The molecule has 3 rings (SSSR count). The third kappa shape index (κ3) is 2.63. The number of hydrogen-bond donors (Lipinski definition) is 0. The van der Waals surface area contributed by atoms with Crippen molar-refractivity contribution in [3.63, 3.8) is 0 Å². The molecule has 0 N–H and O–H groups in total. The van der Waals surface area contributed by atoms with E-state index in [0.29, 0.717) is 18.6 Å². The summed E-state index contributed by atoms with van der Waals surface area (Å²) < 4.78 is 6.68. The van der Waals surface area contributed by atoms with Gasteiger partial charge in [-0.1, -0.05) is 46.3 Å². The van der Waals surface area contributed by atoms with Crippen LogP contribution < -0.4 is 4.74 Å². The van der Waals surface area contributed by atoms with E-state index in [9.17, 15) is 4.79 Å². The minimum absolute atomic E-state index is 0.107. The number of para-hydroxylation sites is 1. The van der Waals surface area contributed by atoms with Crippen LogP contribution >= 0.6 is 15.9 Å². The summed E-state index contributed by atoms with van der Waals surface area (Å²) in [6.07, 6.45) is 2.40. The zero-order valence-electron chi connectivity index (χ0n) is 11.1. The fourth-order valence-electron chi connectivity index (χ4n) is 2.52. The first kappa shape index (κ1) is 13.4. The maximum absolute atomic E-state index is 12.5. The molecule has 0 radical (unpaired) electrons. The van der Waals surface area contributed by atoms with Crippen molar-refractivity contribution >= 4 is 21.7 Å². The van der Waals surface area contributed by atoms with Crippen molar-refractivity contribution in [2.75, 3.05) is 6.61 Å². The van der Waals surface area contributed by atoms with Crippen molar-refractivity contribution in [2.24, 2.45) is 0 Å². The van der Waals surface area contributed by atoms with Crippen molar-refractivity contribution < 1.29 is 9.53 Å². The molecule has 0 amide bonds. The lowest BCUT2D eigenvalue weighted by Crippen LogP contribution is -2.14. The van der Waals surface area contributed by atoms with Crippen molar-refractivity contribution in [1.29, 1.82) is 0 Å². The molecule has 2 nitrogen and oxygen atoms in total. The highest BCUT2D eigenvalue weighted by Gasteiger charge is 2.19. The van der Waals surface area contributed by atoms with Crippen LogP contribution in [0.25, 0.3) is 0 Å². The standard InChI is InChI=1S/C17H15BrO2/c18-15-9-2-1-5-13(15)11-16(19)14-8-3-6-12-7-4-10-20-17(12)14/h1-3,5-6,8-9H,4,7,10-11H2. The minimum atomic E-state index is 0.107. The molecule has 1 heterocycles. The molecule has 0 aliphatic carbocycles. The predicted octanol–water partition coefficient (Wildman–Crippen LogP) is 4.20. The van der Waals surface area contributed by atoms with Crippen molar-refractivity contribution in [2.45, 2.75) is 19.3 Å². The Bertz CT molecular complexity index is 649. The summed E-state index contributed by atoms with van der Waals surface area (Å²) >= 11 is 3.49. The van der Waals surface area contributed by atoms with Crippen LogP contribution in [-0.4, -0.2) is 12.4 Å². The first-order chi connectivity index (χ1) is 9.75. The number of aryl methyl sites for hydroxylation is 1. The number of Topliss-reactive ketones (excluding diaryl/α,β-unsaturated/α-hetero) is 1. The third-order valence-electron chi connectivity index (χ3n) is 3.54. The van der Waals surface area contributed by atoms with Crippen molar-refractivity contribution in [1.82, 2.24) is 0 Å².